The van der Waals surface area contributed by atoms with Crippen molar-refractivity contribution in [1.82, 2.24) is 59.8 Å². The number of nitrogen functional groups attached to an aromatic ring is 3. The Hall–Kier alpha value is -9.66. The van der Waals surface area contributed by atoms with E-state index in [4.69, 9.17) is 45.6 Å². The minimum atomic E-state index is 0.0925. The molecule has 21 nitrogen and oxygen atoms in total. The molecule has 0 saturated heterocycles. The van der Waals surface area contributed by atoms with Crippen LogP contribution < -0.4 is 45.6 Å². The summed E-state index contributed by atoms with van der Waals surface area (Å²) in [6.45, 7) is 2.04. The fourth-order valence-electron chi connectivity index (χ4n) is 5.55. The molecular weight excluding hydrogens is 883 g/mol. The summed E-state index contributed by atoms with van der Waals surface area (Å²) in [7, 11) is 0. The Labute approximate surface area is 395 Å². The lowest BCUT2D eigenvalue weighted by molar-refractivity contribution is 0.274. The number of hydrogen-bond donors (Lipinski definition) is 3. The van der Waals surface area contributed by atoms with Crippen LogP contribution in [0.4, 0.5) is 17.8 Å². The molecule has 6 N–H and O–H groups in total. The van der Waals surface area contributed by atoms with Crippen molar-refractivity contribution >= 4 is 17.8 Å². The quantitative estimate of drug-likeness (QED) is 0.0886. The normalized spacial score (nSPS) is 10.3. The first-order chi connectivity index (χ1) is 33.9. The molecule has 348 valence electrons. The highest BCUT2D eigenvalue weighted by atomic mass is 16.5. The molecule has 0 spiro atoms. The van der Waals surface area contributed by atoms with E-state index in [0.29, 0.717) is 74.9 Å². The van der Waals surface area contributed by atoms with Crippen LogP contribution in [0.2, 0.25) is 0 Å². The Kier molecular flexibility index (Phi) is 17.6. The highest BCUT2D eigenvalue weighted by molar-refractivity contribution is 5.32. The smallest absolute Gasteiger partial charge is 0.226 e. The summed E-state index contributed by atoms with van der Waals surface area (Å²) in [5.41, 5.74) is 22.7. The number of nitrogens with two attached hydrogens (primary N) is 3. The summed E-state index contributed by atoms with van der Waals surface area (Å²) in [4.78, 5) is 48.4. The molecule has 0 aliphatic heterocycles. The van der Waals surface area contributed by atoms with Crippen molar-refractivity contribution in [2.45, 2.75) is 39.6 Å². The van der Waals surface area contributed by atoms with Gasteiger partial charge >= 0.3 is 0 Å². The first-order valence-corrected chi connectivity index (χ1v) is 20.9. The monoisotopic (exact) mass is 927 g/mol. The molecule has 0 radical (unpaired) electrons. The molecule has 0 bridgehead atoms. The van der Waals surface area contributed by atoms with Gasteiger partial charge in [-0.2, -0.15) is 29.9 Å². The molecule has 9 aromatic rings. The molecule has 0 fully saturated rings. The molecule has 69 heavy (non-hydrogen) atoms. The van der Waals surface area contributed by atoms with Gasteiger partial charge in [0.2, 0.25) is 53.1 Å². The van der Waals surface area contributed by atoms with Gasteiger partial charge in [0.1, 0.15) is 39.6 Å². The van der Waals surface area contributed by atoms with Crippen LogP contribution in [0.15, 0.2) is 165 Å². The van der Waals surface area contributed by atoms with E-state index in [9.17, 15) is 0 Å². The van der Waals surface area contributed by atoms with E-state index < -0.39 is 0 Å². The van der Waals surface area contributed by atoms with Gasteiger partial charge in [-0.3, -0.25) is 29.9 Å². The number of anilines is 3. The third-order valence-corrected chi connectivity index (χ3v) is 8.75. The zero-order valence-corrected chi connectivity index (χ0v) is 36.9. The molecule has 9 heterocycles. The van der Waals surface area contributed by atoms with Gasteiger partial charge in [-0.25, -0.2) is 0 Å². The van der Waals surface area contributed by atoms with Crippen LogP contribution in [0.25, 0.3) is 0 Å². The van der Waals surface area contributed by atoms with Gasteiger partial charge in [-0.1, -0.05) is 36.4 Å². The maximum absolute atomic E-state index is 5.69. The maximum Gasteiger partial charge on any atom is 0.226 e. The molecule has 0 saturated carbocycles. The fraction of sp³-hybridized carbons (Fsp3) is 0.125. The van der Waals surface area contributed by atoms with E-state index in [0.717, 1.165) is 33.4 Å². The molecule has 0 aromatic carbocycles. The molecule has 9 aromatic heterocycles. The van der Waals surface area contributed by atoms with Gasteiger partial charge < -0.3 is 45.6 Å². The van der Waals surface area contributed by atoms with Gasteiger partial charge in [-0.05, 0) is 36.4 Å². The van der Waals surface area contributed by atoms with Crippen LogP contribution in [-0.4, -0.2) is 59.8 Å². The number of aromatic nitrogens is 12. The molecule has 21 heteroatoms. The average Bonchev–Trinajstić information content (AvgIpc) is 3.39. The predicted octanol–water partition coefficient (Wildman–Crippen LogP) is 6.02. The Morgan fingerprint density at radius 2 is 0.449 bits per heavy atom. The number of pyridine rings is 6. The van der Waals surface area contributed by atoms with Crippen molar-refractivity contribution < 1.29 is 28.4 Å². The molecule has 0 aliphatic carbocycles. The number of hydrogen-bond acceptors (Lipinski definition) is 21. The lowest BCUT2D eigenvalue weighted by atomic mass is 10.3. The van der Waals surface area contributed by atoms with Gasteiger partial charge in [0.15, 0.2) is 0 Å². The molecule has 9 rings (SSSR count). The van der Waals surface area contributed by atoms with Crippen LogP contribution in [-0.2, 0) is 39.6 Å². The van der Waals surface area contributed by atoms with E-state index >= 15 is 0 Å². The second kappa shape index (κ2) is 25.7. The van der Waals surface area contributed by atoms with Crippen LogP contribution in [0.3, 0.4) is 0 Å². The highest BCUT2D eigenvalue weighted by Gasteiger charge is 2.09. The first kappa shape index (κ1) is 47.3. The Bertz CT molecular complexity index is 2390. The Morgan fingerprint density at radius 1 is 0.275 bits per heavy atom. The minimum absolute atomic E-state index is 0.0925. The average molecular weight is 928 g/mol. The van der Waals surface area contributed by atoms with E-state index in [1.165, 1.54) is 0 Å². The van der Waals surface area contributed by atoms with Crippen LogP contribution >= 0.6 is 0 Å². The summed E-state index contributed by atoms with van der Waals surface area (Å²) >= 11 is 0. The van der Waals surface area contributed by atoms with E-state index in [1.807, 2.05) is 72.8 Å². The van der Waals surface area contributed by atoms with Gasteiger partial charge in [-0.15, -0.1) is 0 Å². The zero-order chi connectivity index (χ0) is 47.7. The lowest BCUT2D eigenvalue weighted by Crippen LogP contribution is -2.04. The lowest BCUT2D eigenvalue weighted by Gasteiger charge is -2.09. The van der Waals surface area contributed by atoms with Crippen molar-refractivity contribution in [1.29, 1.82) is 0 Å². The highest BCUT2D eigenvalue weighted by Crippen LogP contribution is 2.21. The van der Waals surface area contributed by atoms with E-state index in [2.05, 4.69) is 59.8 Å². The number of nitrogens with zero attached hydrogens (tertiary/aromatic N) is 12. The van der Waals surface area contributed by atoms with Crippen molar-refractivity contribution in [3.63, 3.8) is 0 Å². The van der Waals surface area contributed by atoms with Gasteiger partial charge in [0.05, 0.1) is 18.2 Å². The third-order valence-electron chi connectivity index (χ3n) is 8.75. The zero-order valence-electron chi connectivity index (χ0n) is 36.9. The largest absolute Gasteiger partial charge is 0.473 e. The van der Waals surface area contributed by atoms with Crippen LogP contribution in [0.5, 0.6) is 35.3 Å². The molecule has 0 aliphatic rings. The molecule has 0 amide bonds. The van der Waals surface area contributed by atoms with Crippen LogP contribution in [0.1, 0.15) is 33.4 Å². The van der Waals surface area contributed by atoms with Crippen molar-refractivity contribution in [2.24, 2.45) is 0 Å². The number of rotatable bonds is 18. The molecule has 0 unspecified atom stereocenters. The van der Waals surface area contributed by atoms with Crippen LogP contribution in [0, 0.1) is 0 Å². The number of ether oxygens (including phenoxy) is 6. The van der Waals surface area contributed by atoms with E-state index in [1.54, 1.807) is 92.6 Å². The van der Waals surface area contributed by atoms with Crippen molar-refractivity contribution in [2.75, 3.05) is 17.2 Å². The molecule has 0 atom stereocenters. The Balaban J connectivity index is 0.000000153. The standard InChI is InChI=1S/3C16H15N5O2/c3*17-16-20-14(22-10-12-3-1-5-18-8-12)7-15(21-16)23-11-13-4-2-6-19-9-13/h3*1-9H,10-11H2,(H2,17,20,21). The summed E-state index contributed by atoms with van der Waals surface area (Å²) in [6, 6.07) is 27.3. The summed E-state index contributed by atoms with van der Waals surface area (Å²) in [5, 5.41) is 0. The SMILES string of the molecule is Nc1nc(OCc2cccnc2)cc(OCc2cccnc2)n1.Nc1nc(OCc2cccnc2)cc(OCc2cccnc2)n1.Nc1nc(OCc2cccnc2)cc(OCc2cccnc2)n1. The van der Waals surface area contributed by atoms with Gasteiger partial charge in [0, 0.05) is 108 Å². The topological polar surface area (TPSA) is 288 Å². The second-order valence-electron chi connectivity index (χ2n) is 14.1. The van der Waals surface area contributed by atoms with Crippen molar-refractivity contribution in [3.8, 4) is 35.3 Å². The summed E-state index contributed by atoms with van der Waals surface area (Å²) in [6.07, 6.45) is 20.6. The fourth-order valence-corrected chi connectivity index (χ4v) is 5.55. The molecular formula is C48H45N15O6. The van der Waals surface area contributed by atoms with Crippen molar-refractivity contribution in [3.05, 3.63) is 199 Å². The second-order valence-corrected chi connectivity index (χ2v) is 14.1. The third kappa shape index (κ3) is 17.0. The first-order valence-electron chi connectivity index (χ1n) is 20.9. The summed E-state index contributed by atoms with van der Waals surface area (Å²) < 4.78 is 33.6. The Morgan fingerprint density at radius 3 is 0.594 bits per heavy atom. The minimum Gasteiger partial charge on any atom is -0.473 e. The van der Waals surface area contributed by atoms with Gasteiger partial charge in [0.25, 0.3) is 0 Å². The maximum atomic E-state index is 5.69. The summed E-state index contributed by atoms with van der Waals surface area (Å²) in [5.74, 6) is 2.37. The van der Waals surface area contributed by atoms with E-state index in [-0.39, 0.29) is 17.8 Å². The predicted molar refractivity (Wildman–Crippen MR) is 251 cm³/mol.